The quantitative estimate of drug-likeness (QED) is 0.537. The summed E-state index contributed by atoms with van der Waals surface area (Å²) in [5.41, 5.74) is 2.56. The molecule has 0 saturated carbocycles. The zero-order valence-electron chi connectivity index (χ0n) is 14.8. The van der Waals surface area contributed by atoms with E-state index in [1.807, 2.05) is 0 Å². The summed E-state index contributed by atoms with van der Waals surface area (Å²) in [6.07, 6.45) is 11.0. The van der Waals surface area contributed by atoms with Gasteiger partial charge in [-0.3, -0.25) is 0 Å². The van der Waals surface area contributed by atoms with E-state index in [4.69, 9.17) is 4.74 Å². The zero-order valence-corrected chi connectivity index (χ0v) is 14.8. The van der Waals surface area contributed by atoms with Crippen LogP contribution in [0, 0.1) is 0 Å². The highest BCUT2D eigenvalue weighted by Crippen LogP contribution is 2.24. The van der Waals surface area contributed by atoms with Gasteiger partial charge in [0.15, 0.2) is 0 Å². The van der Waals surface area contributed by atoms with Gasteiger partial charge in [0.2, 0.25) is 0 Å². The van der Waals surface area contributed by atoms with E-state index >= 15 is 0 Å². The van der Waals surface area contributed by atoms with Crippen LogP contribution in [0.15, 0.2) is 24.4 Å². The Morgan fingerprint density at radius 3 is 2.70 bits per heavy atom. The van der Waals surface area contributed by atoms with Crippen molar-refractivity contribution in [3.63, 3.8) is 0 Å². The lowest BCUT2D eigenvalue weighted by Crippen LogP contribution is -2.15. The predicted molar refractivity (Wildman–Crippen MR) is 99.4 cm³/mol. The van der Waals surface area contributed by atoms with E-state index in [1.54, 1.807) is 0 Å². The Hall–Kier alpha value is -1.48. The van der Waals surface area contributed by atoms with Gasteiger partial charge in [0.05, 0.1) is 6.61 Å². The Bertz CT molecular complexity index is 562. The Kier molecular flexibility index (Phi) is 8.02. The van der Waals surface area contributed by atoms with Crippen LogP contribution in [-0.4, -0.2) is 24.7 Å². The number of hydrogen-bond acceptors (Lipinski definition) is 2. The molecule has 0 aliphatic carbocycles. The number of aromatic nitrogens is 1. The van der Waals surface area contributed by atoms with Crippen LogP contribution in [0.2, 0.25) is 0 Å². The van der Waals surface area contributed by atoms with Crippen molar-refractivity contribution in [1.82, 2.24) is 10.3 Å². The number of benzene rings is 1. The highest BCUT2D eigenvalue weighted by Gasteiger charge is 2.05. The molecule has 2 rings (SSSR count). The van der Waals surface area contributed by atoms with E-state index in [9.17, 15) is 0 Å². The number of aromatic amines is 1. The second-order valence-electron chi connectivity index (χ2n) is 6.24. The van der Waals surface area contributed by atoms with Gasteiger partial charge in [-0.1, -0.05) is 46.0 Å². The average molecular weight is 316 g/mol. The standard InChI is InChI=1S/C20H32N2O/c1-3-5-6-7-8-9-14-23-18-10-11-20-19(15-18)17(16-22-20)12-13-21-4-2/h10-11,15-16,21-22H,3-9,12-14H2,1-2H3. The molecule has 2 N–H and O–H groups in total. The first-order chi connectivity index (χ1) is 11.3. The van der Waals surface area contributed by atoms with Crippen LogP contribution < -0.4 is 10.1 Å². The molecule has 0 atom stereocenters. The molecule has 0 unspecified atom stereocenters. The minimum Gasteiger partial charge on any atom is -0.494 e. The van der Waals surface area contributed by atoms with E-state index in [0.29, 0.717) is 0 Å². The Morgan fingerprint density at radius 2 is 1.87 bits per heavy atom. The maximum atomic E-state index is 5.94. The summed E-state index contributed by atoms with van der Waals surface area (Å²) in [5, 5.41) is 4.68. The van der Waals surface area contributed by atoms with Crippen molar-refractivity contribution in [3.8, 4) is 5.75 Å². The molecule has 0 radical (unpaired) electrons. The predicted octanol–water partition coefficient (Wildman–Crippen LogP) is 5.06. The van der Waals surface area contributed by atoms with E-state index in [-0.39, 0.29) is 0 Å². The highest BCUT2D eigenvalue weighted by molar-refractivity contribution is 5.84. The number of rotatable bonds is 12. The molecule has 3 nitrogen and oxygen atoms in total. The average Bonchev–Trinajstić information content (AvgIpc) is 2.97. The lowest BCUT2D eigenvalue weighted by Gasteiger charge is -2.07. The van der Waals surface area contributed by atoms with Crippen LogP contribution in [0.1, 0.15) is 57.9 Å². The number of hydrogen-bond donors (Lipinski definition) is 2. The zero-order chi connectivity index (χ0) is 16.3. The number of ether oxygens (including phenoxy) is 1. The molecule has 0 aliphatic rings. The lowest BCUT2D eigenvalue weighted by atomic mass is 10.1. The third-order valence-electron chi connectivity index (χ3n) is 4.33. The molecule has 0 fully saturated rings. The topological polar surface area (TPSA) is 37.0 Å². The van der Waals surface area contributed by atoms with E-state index in [2.05, 4.69) is 48.5 Å². The van der Waals surface area contributed by atoms with E-state index in [1.165, 1.54) is 48.6 Å². The number of H-pyrrole nitrogens is 1. The molecule has 0 spiro atoms. The highest BCUT2D eigenvalue weighted by atomic mass is 16.5. The van der Waals surface area contributed by atoms with Crippen LogP contribution in [0.25, 0.3) is 10.9 Å². The largest absolute Gasteiger partial charge is 0.494 e. The van der Waals surface area contributed by atoms with Crippen LogP contribution in [0.4, 0.5) is 0 Å². The Labute approximate surface area is 140 Å². The second-order valence-corrected chi connectivity index (χ2v) is 6.24. The first kappa shape index (κ1) is 17.9. The van der Waals surface area contributed by atoms with Crippen LogP contribution in [0.3, 0.4) is 0 Å². The smallest absolute Gasteiger partial charge is 0.120 e. The van der Waals surface area contributed by atoms with Crippen molar-refractivity contribution >= 4 is 10.9 Å². The molecule has 0 bridgehead atoms. The van der Waals surface area contributed by atoms with Gasteiger partial charge in [-0.2, -0.15) is 0 Å². The molecule has 128 valence electrons. The van der Waals surface area contributed by atoms with Crippen LogP contribution in [0.5, 0.6) is 5.75 Å². The molecule has 1 heterocycles. The molecule has 0 saturated heterocycles. The van der Waals surface area contributed by atoms with Gasteiger partial charge in [0, 0.05) is 17.1 Å². The van der Waals surface area contributed by atoms with Crippen molar-refractivity contribution in [2.75, 3.05) is 19.7 Å². The molecule has 1 aromatic heterocycles. The van der Waals surface area contributed by atoms with Gasteiger partial charge in [0.1, 0.15) is 5.75 Å². The summed E-state index contributed by atoms with van der Waals surface area (Å²) in [6.45, 7) is 7.27. The molecule has 2 aromatic rings. The van der Waals surface area contributed by atoms with E-state index in [0.717, 1.165) is 38.3 Å². The number of likely N-dealkylation sites (N-methyl/N-ethyl adjacent to an activating group) is 1. The van der Waals surface area contributed by atoms with Crippen molar-refractivity contribution in [2.45, 2.75) is 58.8 Å². The number of fused-ring (bicyclic) bond motifs is 1. The first-order valence-corrected chi connectivity index (χ1v) is 9.28. The molecule has 0 amide bonds. The van der Waals surface area contributed by atoms with Crippen molar-refractivity contribution in [1.29, 1.82) is 0 Å². The molecular formula is C20H32N2O. The van der Waals surface area contributed by atoms with E-state index < -0.39 is 0 Å². The normalized spacial score (nSPS) is 11.2. The summed E-state index contributed by atoms with van der Waals surface area (Å²) < 4.78 is 5.94. The third kappa shape index (κ3) is 5.91. The maximum absolute atomic E-state index is 5.94. The molecule has 0 aliphatic heterocycles. The summed E-state index contributed by atoms with van der Waals surface area (Å²) in [7, 11) is 0. The first-order valence-electron chi connectivity index (χ1n) is 9.28. The summed E-state index contributed by atoms with van der Waals surface area (Å²) in [5.74, 6) is 0.996. The fourth-order valence-electron chi connectivity index (χ4n) is 2.93. The van der Waals surface area contributed by atoms with Gasteiger partial charge in [-0.15, -0.1) is 0 Å². The van der Waals surface area contributed by atoms with Crippen molar-refractivity contribution < 1.29 is 4.74 Å². The van der Waals surface area contributed by atoms with Gasteiger partial charge in [-0.05, 0) is 49.7 Å². The summed E-state index contributed by atoms with van der Waals surface area (Å²) in [6, 6.07) is 6.39. The fourth-order valence-corrected chi connectivity index (χ4v) is 2.93. The summed E-state index contributed by atoms with van der Waals surface area (Å²) >= 11 is 0. The van der Waals surface area contributed by atoms with Gasteiger partial charge < -0.3 is 15.0 Å². The second kappa shape index (κ2) is 10.3. The minimum atomic E-state index is 0.828. The van der Waals surface area contributed by atoms with Gasteiger partial charge in [0.25, 0.3) is 0 Å². The number of nitrogens with one attached hydrogen (secondary N) is 2. The van der Waals surface area contributed by atoms with Gasteiger partial charge in [-0.25, -0.2) is 0 Å². The molecular weight excluding hydrogens is 284 g/mol. The van der Waals surface area contributed by atoms with Crippen molar-refractivity contribution in [3.05, 3.63) is 30.0 Å². The minimum absolute atomic E-state index is 0.828. The monoisotopic (exact) mass is 316 g/mol. The van der Waals surface area contributed by atoms with Crippen LogP contribution >= 0.6 is 0 Å². The van der Waals surface area contributed by atoms with Gasteiger partial charge >= 0.3 is 0 Å². The molecule has 1 aromatic carbocycles. The molecule has 3 heteroatoms. The SMILES string of the molecule is CCCCCCCCOc1ccc2[nH]cc(CCNCC)c2c1. The van der Waals surface area contributed by atoms with Crippen molar-refractivity contribution in [2.24, 2.45) is 0 Å². The lowest BCUT2D eigenvalue weighted by molar-refractivity contribution is 0.305. The Balaban J connectivity index is 1.80. The third-order valence-corrected chi connectivity index (χ3v) is 4.33. The maximum Gasteiger partial charge on any atom is 0.120 e. The van der Waals surface area contributed by atoms with Crippen LogP contribution in [-0.2, 0) is 6.42 Å². The fraction of sp³-hybridized carbons (Fsp3) is 0.600. The summed E-state index contributed by atoms with van der Waals surface area (Å²) in [4.78, 5) is 3.35. The number of unbranched alkanes of at least 4 members (excludes halogenated alkanes) is 5. The molecule has 23 heavy (non-hydrogen) atoms. The Morgan fingerprint density at radius 1 is 1.04 bits per heavy atom.